The molecular weight excluding hydrogens is 460 g/mol. The molecule has 1 N–H and O–H groups in total. The number of aromatic nitrogens is 1. The summed E-state index contributed by atoms with van der Waals surface area (Å²) in [5.74, 6) is 0.886. The number of hydrogen-bond acceptors (Lipinski definition) is 5. The molecule has 0 spiro atoms. The van der Waals surface area contributed by atoms with E-state index in [2.05, 4.69) is 5.32 Å². The third kappa shape index (κ3) is 7.26. The predicted molar refractivity (Wildman–Crippen MR) is 138 cm³/mol. The molecule has 0 atom stereocenters. The first kappa shape index (κ1) is 26.6. The Bertz CT molecular complexity index is 1130. The number of nitrogens with one attached hydrogen (secondary N) is 1. The lowest BCUT2D eigenvalue weighted by Gasteiger charge is -2.28. The van der Waals surface area contributed by atoms with Crippen molar-refractivity contribution in [3.8, 4) is 11.5 Å². The zero-order chi connectivity index (χ0) is 25.9. The third-order valence-electron chi connectivity index (χ3n) is 5.80. The van der Waals surface area contributed by atoms with E-state index in [9.17, 15) is 9.59 Å². The smallest absolute Gasteiger partial charge is 0.322 e. The quantitative estimate of drug-likeness (QED) is 0.415. The molecule has 1 heterocycles. The number of methoxy groups -OCH3 is 3. The van der Waals surface area contributed by atoms with Crippen molar-refractivity contribution in [3.63, 3.8) is 0 Å². The van der Waals surface area contributed by atoms with Crippen LogP contribution >= 0.6 is 0 Å². The van der Waals surface area contributed by atoms with Gasteiger partial charge >= 0.3 is 6.03 Å². The number of amides is 3. The van der Waals surface area contributed by atoms with Crippen LogP contribution in [0.15, 0.2) is 66.9 Å². The minimum atomic E-state index is -0.428. The van der Waals surface area contributed by atoms with Crippen molar-refractivity contribution in [2.75, 3.05) is 46.3 Å². The van der Waals surface area contributed by atoms with Crippen LogP contribution in [-0.2, 0) is 29.7 Å². The van der Waals surface area contributed by atoms with Crippen LogP contribution < -0.4 is 14.8 Å². The Morgan fingerprint density at radius 2 is 1.69 bits per heavy atom. The van der Waals surface area contributed by atoms with Crippen LogP contribution in [0.4, 0.5) is 10.5 Å². The largest absolute Gasteiger partial charge is 0.497 e. The normalized spacial score (nSPS) is 10.6. The second kappa shape index (κ2) is 13.2. The minimum Gasteiger partial charge on any atom is -0.497 e. The van der Waals surface area contributed by atoms with Crippen molar-refractivity contribution in [3.05, 3.63) is 78.1 Å². The van der Waals surface area contributed by atoms with Crippen molar-refractivity contribution >= 4 is 17.6 Å². The summed E-state index contributed by atoms with van der Waals surface area (Å²) < 4.78 is 17.8. The zero-order valence-corrected chi connectivity index (χ0v) is 21.3. The number of ether oxygens (including phenoxy) is 3. The highest BCUT2D eigenvalue weighted by molar-refractivity contribution is 5.93. The average Bonchev–Trinajstić information content (AvgIpc) is 3.30. The molecule has 2 aromatic carbocycles. The minimum absolute atomic E-state index is 0.106. The molecule has 9 heteroatoms. The molecule has 3 aromatic rings. The summed E-state index contributed by atoms with van der Waals surface area (Å²) in [4.78, 5) is 30.0. The van der Waals surface area contributed by atoms with Gasteiger partial charge in [-0.3, -0.25) is 4.79 Å². The van der Waals surface area contributed by atoms with Crippen LogP contribution in [0.2, 0.25) is 0 Å². The first-order valence-electron chi connectivity index (χ1n) is 11.6. The van der Waals surface area contributed by atoms with Gasteiger partial charge in [0.2, 0.25) is 5.91 Å². The molecule has 0 saturated carbocycles. The van der Waals surface area contributed by atoms with E-state index in [0.29, 0.717) is 30.3 Å². The molecule has 3 amide bonds. The van der Waals surface area contributed by atoms with Gasteiger partial charge in [-0.15, -0.1) is 0 Å². The van der Waals surface area contributed by atoms with Gasteiger partial charge in [-0.25, -0.2) is 4.79 Å². The zero-order valence-electron chi connectivity index (χ0n) is 21.3. The van der Waals surface area contributed by atoms with Gasteiger partial charge in [0.1, 0.15) is 18.0 Å². The molecule has 0 saturated heterocycles. The Morgan fingerprint density at radius 3 is 2.33 bits per heavy atom. The number of aryl methyl sites for hydroxylation is 1. The van der Waals surface area contributed by atoms with Gasteiger partial charge in [0, 0.05) is 45.2 Å². The van der Waals surface area contributed by atoms with E-state index in [0.717, 1.165) is 11.3 Å². The van der Waals surface area contributed by atoms with Crippen molar-refractivity contribution in [1.82, 2.24) is 14.4 Å². The molecule has 1 aromatic heterocycles. The number of urea groups is 1. The molecule has 0 bridgehead atoms. The van der Waals surface area contributed by atoms with Crippen LogP contribution in [0.25, 0.3) is 0 Å². The van der Waals surface area contributed by atoms with Crippen LogP contribution in [-0.4, -0.2) is 67.3 Å². The topological polar surface area (TPSA) is 85.3 Å². The Balaban J connectivity index is 1.78. The fourth-order valence-corrected chi connectivity index (χ4v) is 3.71. The summed E-state index contributed by atoms with van der Waals surface area (Å²) in [7, 11) is 6.58. The summed E-state index contributed by atoms with van der Waals surface area (Å²) in [6.45, 7) is 1.28. The molecule has 9 nitrogen and oxygen atoms in total. The van der Waals surface area contributed by atoms with E-state index in [1.54, 1.807) is 37.3 Å². The van der Waals surface area contributed by atoms with Gasteiger partial charge in [0.25, 0.3) is 0 Å². The maximum absolute atomic E-state index is 13.5. The van der Waals surface area contributed by atoms with Gasteiger partial charge in [-0.05, 0) is 29.8 Å². The highest BCUT2D eigenvalue weighted by Crippen LogP contribution is 2.29. The number of hydrogen-bond donors (Lipinski definition) is 1. The molecule has 3 rings (SSSR count). The summed E-state index contributed by atoms with van der Waals surface area (Å²) >= 11 is 0. The van der Waals surface area contributed by atoms with Crippen LogP contribution in [0.3, 0.4) is 0 Å². The number of anilines is 1. The van der Waals surface area contributed by atoms with E-state index < -0.39 is 6.03 Å². The number of rotatable bonds is 12. The molecule has 192 valence electrons. The van der Waals surface area contributed by atoms with Gasteiger partial charge in [-0.2, -0.15) is 0 Å². The second-order valence-electron chi connectivity index (χ2n) is 8.26. The second-order valence-corrected chi connectivity index (χ2v) is 8.26. The predicted octanol–water partition coefficient (Wildman–Crippen LogP) is 3.75. The molecule has 0 aliphatic heterocycles. The van der Waals surface area contributed by atoms with E-state index in [-0.39, 0.29) is 25.6 Å². The van der Waals surface area contributed by atoms with Crippen molar-refractivity contribution in [1.29, 1.82) is 0 Å². The number of carbonyl (C=O) groups is 2. The Kier molecular flexibility index (Phi) is 9.76. The van der Waals surface area contributed by atoms with Crippen molar-refractivity contribution < 1.29 is 23.8 Å². The van der Waals surface area contributed by atoms with Gasteiger partial charge in [0.05, 0.1) is 33.1 Å². The highest BCUT2D eigenvalue weighted by atomic mass is 16.5. The SMILES string of the molecule is COCCN(CC(=O)N(Cc1ccccc1)Cc1cccn1C)C(=O)Nc1ccc(OC)cc1OC. The highest BCUT2D eigenvalue weighted by Gasteiger charge is 2.23. The van der Waals surface area contributed by atoms with Crippen LogP contribution in [0.1, 0.15) is 11.3 Å². The molecule has 0 aliphatic carbocycles. The molecule has 0 fully saturated rings. The van der Waals surface area contributed by atoms with Crippen LogP contribution in [0.5, 0.6) is 11.5 Å². The standard InChI is InChI=1S/C27H34N4O5/c1-29-14-8-11-22(29)19-31(18-21-9-6-5-7-10-21)26(32)20-30(15-16-34-2)27(33)28-24-13-12-23(35-3)17-25(24)36-4/h5-14,17H,15-16,18-20H2,1-4H3,(H,28,33). The first-order valence-corrected chi connectivity index (χ1v) is 11.6. The maximum Gasteiger partial charge on any atom is 0.322 e. The summed E-state index contributed by atoms with van der Waals surface area (Å²) in [5, 5.41) is 2.85. The van der Waals surface area contributed by atoms with E-state index in [1.165, 1.54) is 12.0 Å². The first-order chi connectivity index (χ1) is 17.4. The molecule has 0 aliphatic rings. The number of carbonyl (C=O) groups excluding carboxylic acids is 2. The molecule has 0 radical (unpaired) electrons. The Morgan fingerprint density at radius 1 is 0.917 bits per heavy atom. The fraction of sp³-hybridized carbons (Fsp3) is 0.333. The Hall–Kier alpha value is -3.98. The fourth-order valence-electron chi connectivity index (χ4n) is 3.71. The van der Waals surface area contributed by atoms with Gasteiger partial charge < -0.3 is 33.9 Å². The summed E-state index contributed by atoms with van der Waals surface area (Å²) in [5.41, 5.74) is 2.48. The van der Waals surface area contributed by atoms with Gasteiger partial charge in [0.15, 0.2) is 0 Å². The average molecular weight is 495 g/mol. The lowest BCUT2D eigenvalue weighted by molar-refractivity contribution is -0.133. The third-order valence-corrected chi connectivity index (χ3v) is 5.80. The lowest BCUT2D eigenvalue weighted by Crippen LogP contribution is -2.45. The van der Waals surface area contributed by atoms with E-state index in [4.69, 9.17) is 14.2 Å². The van der Waals surface area contributed by atoms with Crippen LogP contribution in [0, 0.1) is 0 Å². The molecular formula is C27H34N4O5. The Labute approximate surface area is 212 Å². The van der Waals surface area contributed by atoms with Crippen molar-refractivity contribution in [2.24, 2.45) is 7.05 Å². The summed E-state index contributed by atoms with van der Waals surface area (Å²) in [6, 6.07) is 18.4. The van der Waals surface area contributed by atoms with E-state index in [1.807, 2.05) is 60.3 Å². The monoisotopic (exact) mass is 494 g/mol. The summed E-state index contributed by atoms with van der Waals surface area (Å²) in [6.07, 6.45) is 1.95. The lowest BCUT2D eigenvalue weighted by atomic mass is 10.2. The van der Waals surface area contributed by atoms with Crippen molar-refractivity contribution in [2.45, 2.75) is 13.1 Å². The van der Waals surface area contributed by atoms with Gasteiger partial charge in [-0.1, -0.05) is 30.3 Å². The molecule has 36 heavy (non-hydrogen) atoms. The number of nitrogens with zero attached hydrogens (tertiary/aromatic N) is 3. The maximum atomic E-state index is 13.5. The van der Waals surface area contributed by atoms with E-state index >= 15 is 0 Å². The molecule has 0 unspecified atom stereocenters. The number of benzene rings is 2.